The van der Waals surface area contributed by atoms with Gasteiger partial charge in [0.15, 0.2) is 18.5 Å². The van der Waals surface area contributed by atoms with Crippen LogP contribution in [0, 0.1) is 0 Å². The molecule has 2 heterocycles. The molecule has 0 unspecified atom stereocenters. The Morgan fingerprint density at radius 3 is 2.83 bits per heavy atom. The highest BCUT2D eigenvalue weighted by Crippen LogP contribution is 2.25. The maximum Gasteiger partial charge on any atom is 0.292 e. The number of nitrogens with zero attached hydrogens (tertiary/aromatic N) is 4. The van der Waals surface area contributed by atoms with Crippen LogP contribution in [-0.4, -0.2) is 40.2 Å². The molecule has 0 amide bonds. The Morgan fingerprint density at radius 2 is 2.22 bits per heavy atom. The molecule has 0 aromatic carbocycles. The Morgan fingerprint density at radius 1 is 1.44 bits per heavy atom. The molecular weight excluding hydrogens is 240 g/mol. The lowest BCUT2D eigenvalue weighted by atomic mass is 10.1. The van der Waals surface area contributed by atoms with Gasteiger partial charge in [0.25, 0.3) is 6.23 Å². The smallest absolute Gasteiger partial charge is 0.292 e. The average Bonchev–Trinajstić information content (AvgIpc) is 2.67. The van der Waals surface area contributed by atoms with Crippen molar-refractivity contribution in [2.24, 2.45) is 5.11 Å². The largest absolute Gasteiger partial charge is 0.394 e. The summed E-state index contributed by atoms with van der Waals surface area (Å²) in [5.41, 5.74) is 8.70. The van der Waals surface area contributed by atoms with E-state index in [1.165, 1.54) is 10.8 Å². The lowest BCUT2D eigenvalue weighted by molar-refractivity contribution is -0.765. The van der Waals surface area contributed by atoms with E-state index in [9.17, 15) is 10.2 Å². The molecule has 1 saturated heterocycles. The number of ether oxygens (including phenoxy) is 1. The Balaban J connectivity index is 2.26. The molecule has 8 nitrogen and oxygen atoms in total. The van der Waals surface area contributed by atoms with Crippen LogP contribution in [0.25, 0.3) is 10.4 Å². The molecule has 0 radical (unpaired) electrons. The average molecular weight is 253 g/mol. The minimum absolute atomic E-state index is 0.359. The zero-order valence-corrected chi connectivity index (χ0v) is 9.36. The molecule has 1 fully saturated rings. The lowest BCUT2D eigenvalue weighted by Gasteiger charge is -2.09. The van der Waals surface area contributed by atoms with Gasteiger partial charge in [-0.05, 0) is 11.6 Å². The van der Waals surface area contributed by atoms with Crippen molar-refractivity contribution >= 4 is 5.69 Å². The second-order valence-electron chi connectivity index (χ2n) is 3.93. The maximum absolute atomic E-state index is 9.82. The molecule has 2 rings (SSSR count). The minimum atomic E-state index is -1.16. The summed E-state index contributed by atoms with van der Waals surface area (Å²) in [5, 5.41) is 31.9. The molecule has 1 aromatic heterocycles. The third-order valence-electron chi connectivity index (χ3n) is 2.78. The Labute approximate surface area is 102 Å². The fourth-order valence-corrected chi connectivity index (χ4v) is 1.88. The lowest BCUT2D eigenvalue weighted by Crippen LogP contribution is -2.45. The number of rotatable bonds is 3. The maximum atomic E-state index is 9.82. The Kier molecular flexibility index (Phi) is 3.75. The molecule has 1 aliphatic rings. The van der Waals surface area contributed by atoms with Crippen molar-refractivity contribution in [1.82, 2.24) is 0 Å². The normalized spacial score (nSPS) is 31.1. The zero-order chi connectivity index (χ0) is 13.1. The van der Waals surface area contributed by atoms with Gasteiger partial charge in [-0.15, -0.1) is 0 Å². The molecule has 0 spiro atoms. The molecule has 1 aromatic rings. The van der Waals surface area contributed by atoms with Crippen LogP contribution in [0.15, 0.2) is 29.6 Å². The van der Waals surface area contributed by atoms with Crippen molar-refractivity contribution in [3.05, 3.63) is 35.0 Å². The van der Waals surface area contributed by atoms with Gasteiger partial charge in [0, 0.05) is 11.0 Å². The number of hydrogen-bond donors (Lipinski definition) is 3. The van der Waals surface area contributed by atoms with Crippen LogP contribution < -0.4 is 4.57 Å². The number of aromatic nitrogens is 1. The predicted octanol–water partition coefficient (Wildman–Crippen LogP) is -0.473. The zero-order valence-electron chi connectivity index (χ0n) is 9.36. The predicted molar refractivity (Wildman–Crippen MR) is 58.5 cm³/mol. The van der Waals surface area contributed by atoms with Gasteiger partial charge in [-0.2, -0.15) is 4.57 Å². The number of pyridine rings is 1. The van der Waals surface area contributed by atoms with Crippen molar-refractivity contribution < 1.29 is 24.6 Å². The molecule has 0 saturated carbocycles. The third-order valence-corrected chi connectivity index (χ3v) is 2.78. The second kappa shape index (κ2) is 5.30. The SMILES string of the molecule is [N-]=[N+]=Nc1ccc[n+]([C@@H]2O[C@H](CO)[C@@H](O)[C@H]2O)c1. The molecule has 3 N–H and O–H groups in total. The van der Waals surface area contributed by atoms with Crippen molar-refractivity contribution in [2.75, 3.05) is 6.61 Å². The Bertz CT molecular complexity index is 477. The monoisotopic (exact) mass is 253 g/mol. The number of aliphatic hydroxyl groups is 3. The van der Waals surface area contributed by atoms with Crippen molar-refractivity contribution in [3.63, 3.8) is 0 Å². The van der Waals surface area contributed by atoms with E-state index in [0.717, 1.165) is 0 Å². The van der Waals surface area contributed by atoms with E-state index in [2.05, 4.69) is 10.0 Å². The minimum Gasteiger partial charge on any atom is -0.394 e. The molecule has 8 heteroatoms. The molecule has 0 bridgehead atoms. The molecule has 4 atom stereocenters. The third kappa shape index (κ3) is 2.28. The number of aliphatic hydroxyl groups excluding tert-OH is 3. The van der Waals surface area contributed by atoms with Crippen LogP contribution in [0.1, 0.15) is 6.23 Å². The van der Waals surface area contributed by atoms with Crippen LogP contribution in [0.4, 0.5) is 5.69 Å². The van der Waals surface area contributed by atoms with E-state index in [-0.39, 0.29) is 6.61 Å². The first-order valence-electron chi connectivity index (χ1n) is 5.35. The van der Waals surface area contributed by atoms with E-state index >= 15 is 0 Å². The highest BCUT2D eigenvalue weighted by Gasteiger charge is 2.47. The van der Waals surface area contributed by atoms with Gasteiger partial charge >= 0.3 is 0 Å². The van der Waals surface area contributed by atoms with Crippen molar-refractivity contribution in [3.8, 4) is 0 Å². The van der Waals surface area contributed by atoms with Gasteiger partial charge in [0.1, 0.15) is 17.9 Å². The van der Waals surface area contributed by atoms with Crippen molar-refractivity contribution in [2.45, 2.75) is 24.5 Å². The van der Waals surface area contributed by atoms with Gasteiger partial charge in [-0.25, -0.2) is 0 Å². The van der Waals surface area contributed by atoms with E-state index in [4.69, 9.17) is 15.4 Å². The summed E-state index contributed by atoms with van der Waals surface area (Å²) >= 11 is 0. The highest BCUT2D eigenvalue weighted by atomic mass is 16.6. The molecule has 18 heavy (non-hydrogen) atoms. The summed E-state index contributed by atoms with van der Waals surface area (Å²) in [6.45, 7) is -0.384. The summed E-state index contributed by atoms with van der Waals surface area (Å²) in [7, 11) is 0. The first-order valence-corrected chi connectivity index (χ1v) is 5.35. The van der Waals surface area contributed by atoms with Crippen LogP contribution in [0.3, 0.4) is 0 Å². The van der Waals surface area contributed by atoms with Gasteiger partial charge in [0.05, 0.1) is 6.61 Å². The fourth-order valence-electron chi connectivity index (χ4n) is 1.88. The van der Waals surface area contributed by atoms with E-state index in [1.807, 2.05) is 0 Å². The first kappa shape index (κ1) is 12.7. The van der Waals surface area contributed by atoms with E-state index in [1.54, 1.807) is 18.3 Å². The van der Waals surface area contributed by atoms with Crippen LogP contribution in [0.2, 0.25) is 0 Å². The summed E-state index contributed by atoms with van der Waals surface area (Å²) in [4.78, 5) is 2.66. The second-order valence-corrected chi connectivity index (χ2v) is 3.93. The van der Waals surface area contributed by atoms with E-state index < -0.39 is 24.5 Å². The molecule has 1 aliphatic heterocycles. The quantitative estimate of drug-likeness (QED) is 0.291. The first-order chi connectivity index (χ1) is 8.67. The van der Waals surface area contributed by atoms with Gasteiger partial charge < -0.3 is 20.1 Å². The summed E-state index contributed by atoms with van der Waals surface area (Å²) in [6.07, 6.45) is -0.882. The number of hydrogen-bond acceptors (Lipinski definition) is 5. The van der Waals surface area contributed by atoms with Gasteiger partial charge in [0.2, 0.25) is 0 Å². The highest BCUT2D eigenvalue weighted by molar-refractivity contribution is 5.29. The van der Waals surface area contributed by atoms with E-state index in [0.29, 0.717) is 5.69 Å². The topological polar surface area (TPSA) is 123 Å². The summed E-state index contributed by atoms with van der Waals surface area (Å²) < 4.78 is 6.81. The van der Waals surface area contributed by atoms with Crippen LogP contribution in [0.5, 0.6) is 0 Å². The standard InChI is InChI=1S/C10H13N4O4/c11-13-12-6-2-1-3-14(4-6)10-9(17)8(16)7(5-15)18-10/h1-4,7-10,15-17H,5H2/q+1/t7-,8-,9-,10-/m1/s1. The van der Waals surface area contributed by atoms with Crippen LogP contribution in [-0.2, 0) is 4.74 Å². The molecule has 96 valence electrons. The van der Waals surface area contributed by atoms with Gasteiger partial charge in [-0.1, -0.05) is 5.11 Å². The van der Waals surface area contributed by atoms with Crippen molar-refractivity contribution in [1.29, 1.82) is 0 Å². The number of azide groups is 1. The molecular formula is C10H13N4O4+. The van der Waals surface area contributed by atoms with Crippen LogP contribution >= 0.6 is 0 Å². The fraction of sp³-hybridized carbons (Fsp3) is 0.500. The Hall–Kier alpha value is -1.70. The summed E-state index contributed by atoms with van der Waals surface area (Å²) in [6, 6.07) is 3.22. The summed E-state index contributed by atoms with van der Waals surface area (Å²) in [5.74, 6) is 0. The molecule has 0 aliphatic carbocycles. The van der Waals surface area contributed by atoms with Gasteiger partial charge in [-0.3, -0.25) is 0 Å².